The first-order valence-electron chi connectivity index (χ1n) is 12.7. The number of aromatic nitrogens is 5. The van der Waals surface area contributed by atoms with E-state index in [1.54, 1.807) is 22.9 Å². The van der Waals surface area contributed by atoms with Crippen molar-refractivity contribution in [2.75, 3.05) is 13.7 Å². The van der Waals surface area contributed by atoms with E-state index in [0.717, 1.165) is 23.4 Å². The van der Waals surface area contributed by atoms with Crippen molar-refractivity contribution in [3.63, 3.8) is 0 Å². The highest BCUT2D eigenvalue weighted by atomic mass is 32.1. The zero-order valence-electron chi connectivity index (χ0n) is 21.7. The number of fused-ring (bicyclic) bond motifs is 1. The highest BCUT2D eigenvalue weighted by molar-refractivity contribution is 7.15. The van der Waals surface area contributed by atoms with Crippen molar-refractivity contribution in [2.45, 2.75) is 13.3 Å². The van der Waals surface area contributed by atoms with Crippen LogP contribution < -0.4 is 19.6 Å². The Morgan fingerprint density at radius 2 is 1.77 bits per heavy atom. The molecule has 6 rings (SSSR count). The van der Waals surface area contributed by atoms with Gasteiger partial charge in [0.05, 0.1) is 23.9 Å². The molecule has 0 saturated carbocycles. The molecule has 0 aliphatic rings. The van der Waals surface area contributed by atoms with E-state index in [2.05, 4.69) is 17.0 Å². The van der Waals surface area contributed by atoms with E-state index in [-0.39, 0.29) is 11.3 Å². The largest absolute Gasteiger partial charge is 0.494 e. The normalized spacial score (nSPS) is 11.8. The summed E-state index contributed by atoms with van der Waals surface area (Å²) in [5.41, 5.74) is 3.06. The molecule has 0 fully saturated rings. The molecule has 0 saturated heterocycles. The Bertz CT molecular complexity index is 1910. The zero-order chi connectivity index (χ0) is 27.6. The fourth-order valence-electron chi connectivity index (χ4n) is 4.26. The predicted molar refractivity (Wildman–Crippen MR) is 153 cm³/mol. The number of thiazole rings is 1. The summed E-state index contributed by atoms with van der Waals surface area (Å²) in [4.78, 5) is 18.4. The van der Waals surface area contributed by atoms with E-state index >= 15 is 0 Å². The third-order valence-corrected chi connectivity index (χ3v) is 7.20. The van der Waals surface area contributed by atoms with Crippen LogP contribution in [-0.2, 0) is 0 Å². The van der Waals surface area contributed by atoms with Gasteiger partial charge in [0.25, 0.3) is 5.56 Å². The van der Waals surface area contributed by atoms with Crippen LogP contribution in [0.15, 0.2) is 83.8 Å². The average Bonchev–Trinajstić information content (AvgIpc) is 3.67. The molecule has 0 spiro atoms. The third-order valence-electron chi connectivity index (χ3n) is 6.24. The minimum Gasteiger partial charge on any atom is -0.494 e. The maximum atomic E-state index is 14.6. The average molecular weight is 554 g/mol. The van der Waals surface area contributed by atoms with Gasteiger partial charge in [0.2, 0.25) is 4.96 Å². The quantitative estimate of drug-likeness (QED) is 0.259. The fraction of sp³-hybridized carbons (Fsp3) is 0.133. The molecule has 8 nitrogen and oxygen atoms in total. The molecule has 0 unspecified atom stereocenters. The Morgan fingerprint density at radius 1 is 1.00 bits per heavy atom. The van der Waals surface area contributed by atoms with Crippen molar-refractivity contribution in [2.24, 2.45) is 0 Å². The first-order valence-corrected chi connectivity index (χ1v) is 13.5. The van der Waals surface area contributed by atoms with Gasteiger partial charge in [0.1, 0.15) is 11.4 Å². The van der Waals surface area contributed by atoms with Gasteiger partial charge in [-0.25, -0.2) is 9.07 Å². The standard InChI is InChI=1S/C30H24FN5O3S/c1-3-15-39-23-12-9-19(10-13-23)28-32-30-36(34-28)29(37)26(40-30)17-21-18-35(22-7-5-4-6-8-22)33-27(21)20-11-14-25(38-2)24(31)16-20/h4-14,16-18H,3,15H2,1-2H3. The maximum Gasteiger partial charge on any atom is 0.291 e. The van der Waals surface area contributed by atoms with Crippen molar-refractivity contribution < 1.29 is 13.9 Å². The van der Waals surface area contributed by atoms with Gasteiger partial charge in [0.15, 0.2) is 17.4 Å². The number of nitrogens with zero attached hydrogens (tertiary/aromatic N) is 5. The SMILES string of the molecule is CCCOc1ccc(-c2nc3sc(=Cc4cn(-c5ccccc5)nc4-c4ccc(OC)c(F)c4)c(=O)n3n2)cc1. The summed E-state index contributed by atoms with van der Waals surface area (Å²) in [6, 6.07) is 21.7. The molecule has 10 heteroatoms. The van der Waals surface area contributed by atoms with Gasteiger partial charge < -0.3 is 9.47 Å². The van der Waals surface area contributed by atoms with Gasteiger partial charge in [0, 0.05) is 22.9 Å². The first kappa shape index (κ1) is 25.4. The lowest BCUT2D eigenvalue weighted by molar-refractivity contribution is 0.317. The molecule has 200 valence electrons. The van der Waals surface area contributed by atoms with E-state index in [0.29, 0.717) is 38.7 Å². The van der Waals surface area contributed by atoms with Gasteiger partial charge in [-0.05, 0) is 67.1 Å². The number of rotatable bonds is 8. The summed E-state index contributed by atoms with van der Waals surface area (Å²) in [6.45, 7) is 2.70. The van der Waals surface area contributed by atoms with Crippen LogP contribution in [0.1, 0.15) is 18.9 Å². The molecular weight excluding hydrogens is 529 g/mol. The first-order chi connectivity index (χ1) is 19.5. The molecule has 3 aromatic heterocycles. The van der Waals surface area contributed by atoms with E-state index in [9.17, 15) is 9.18 Å². The van der Waals surface area contributed by atoms with Crippen LogP contribution >= 0.6 is 11.3 Å². The van der Waals surface area contributed by atoms with Gasteiger partial charge >= 0.3 is 0 Å². The van der Waals surface area contributed by atoms with Crippen LogP contribution in [0.3, 0.4) is 0 Å². The highest BCUT2D eigenvalue weighted by Gasteiger charge is 2.16. The van der Waals surface area contributed by atoms with Crippen LogP contribution in [0.25, 0.3) is 39.4 Å². The molecular formula is C30H24FN5O3S. The van der Waals surface area contributed by atoms with Gasteiger partial charge in [-0.3, -0.25) is 4.79 Å². The molecule has 0 atom stereocenters. The summed E-state index contributed by atoms with van der Waals surface area (Å²) in [5.74, 6) is 0.879. The molecule has 3 heterocycles. The van der Waals surface area contributed by atoms with Gasteiger partial charge in [-0.1, -0.05) is 36.5 Å². The molecule has 3 aromatic carbocycles. The second-order valence-corrected chi connectivity index (χ2v) is 9.99. The van der Waals surface area contributed by atoms with Crippen molar-refractivity contribution >= 4 is 22.4 Å². The molecule has 0 amide bonds. The molecule has 0 aliphatic heterocycles. The van der Waals surface area contributed by atoms with Crippen molar-refractivity contribution in [1.29, 1.82) is 0 Å². The van der Waals surface area contributed by atoms with Crippen molar-refractivity contribution in [3.8, 4) is 39.8 Å². The minimum absolute atomic E-state index is 0.142. The summed E-state index contributed by atoms with van der Waals surface area (Å²) in [7, 11) is 1.42. The van der Waals surface area contributed by atoms with E-state index < -0.39 is 5.82 Å². The molecule has 0 aliphatic carbocycles. The third kappa shape index (κ3) is 4.85. The lowest BCUT2D eigenvalue weighted by Gasteiger charge is -2.04. The Hall–Kier alpha value is -4.83. The van der Waals surface area contributed by atoms with Crippen molar-refractivity contribution in [3.05, 3.63) is 105 Å². The minimum atomic E-state index is -0.499. The lowest BCUT2D eigenvalue weighted by atomic mass is 10.1. The Kier molecular flexibility index (Phi) is 6.83. The monoisotopic (exact) mass is 553 g/mol. The molecule has 0 radical (unpaired) electrons. The van der Waals surface area contributed by atoms with Crippen molar-refractivity contribution in [1.82, 2.24) is 24.4 Å². The Balaban J connectivity index is 1.41. The van der Waals surface area contributed by atoms with E-state index in [4.69, 9.17) is 14.6 Å². The number of para-hydroxylation sites is 1. The second-order valence-electron chi connectivity index (χ2n) is 8.98. The summed E-state index contributed by atoms with van der Waals surface area (Å²) in [5, 5.41) is 9.19. The topological polar surface area (TPSA) is 83.5 Å². The fourth-order valence-corrected chi connectivity index (χ4v) is 5.16. The lowest BCUT2D eigenvalue weighted by Crippen LogP contribution is -2.23. The molecule has 40 heavy (non-hydrogen) atoms. The predicted octanol–water partition coefficient (Wildman–Crippen LogP) is 5.15. The number of ether oxygens (including phenoxy) is 2. The zero-order valence-corrected chi connectivity index (χ0v) is 22.6. The Morgan fingerprint density at radius 3 is 2.48 bits per heavy atom. The molecule has 6 aromatic rings. The van der Waals surface area contributed by atoms with Crippen LogP contribution in [0.2, 0.25) is 0 Å². The highest BCUT2D eigenvalue weighted by Crippen LogP contribution is 2.28. The molecule has 0 N–H and O–H groups in total. The number of hydrogen-bond acceptors (Lipinski definition) is 7. The van der Waals surface area contributed by atoms with Crippen LogP contribution in [0.4, 0.5) is 4.39 Å². The number of methoxy groups -OCH3 is 1. The van der Waals surface area contributed by atoms with Gasteiger partial charge in [-0.15, -0.1) is 5.10 Å². The number of halogens is 1. The number of hydrogen-bond donors (Lipinski definition) is 0. The Labute approximate surface area is 232 Å². The van der Waals surface area contributed by atoms with Crippen LogP contribution in [0.5, 0.6) is 11.5 Å². The summed E-state index contributed by atoms with van der Waals surface area (Å²) >= 11 is 1.23. The van der Waals surface area contributed by atoms with E-state index in [1.165, 1.54) is 29.0 Å². The van der Waals surface area contributed by atoms with Crippen LogP contribution in [-0.4, -0.2) is 38.1 Å². The summed E-state index contributed by atoms with van der Waals surface area (Å²) in [6.07, 6.45) is 4.49. The number of benzene rings is 3. The summed E-state index contributed by atoms with van der Waals surface area (Å²) < 4.78 is 28.8. The van der Waals surface area contributed by atoms with Gasteiger partial charge in [-0.2, -0.15) is 14.6 Å². The smallest absolute Gasteiger partial charge is 0.291 e. The van der Waals surface area contributed by atoms with E-state index in [1.807, 2.05) is 60.8 Å². The van der Waals surface area contributed by atoms with Crippen LogP contribution in [0, 0.1) is 5.82 Å². The maximum absolute atomic E-state index is 14.6. The molecule has 0 bridgehead atoms. The second kappa shape index (κ2) is 10.7.